The van der Waals surface area contributed by atoms with Crippen molar-refractivity contribution >= 4 is 53.3 Å². The van der Waals surface area contributed by atoms with Gasteiger partial charge in [0.25, 0.3) is 0 Å². The van der Waals surface area contributed by atoms with Crippen LogP contribution < -0.4 is 49.5 Å². The van der Waals surface area contributed by atoms with Gasteiger partial charge in [-0.05, 0) is 44.4 Å². The van der Waals surface area contributed by atoms with Gasteiger partial charge in [0.15, 0.2) is 5.96 Å². The van der Waals surface area contributed by atoms with Crippen LogP contribution in [0.15, 0.2) is 4.99 Å². The number of carboxylic acids is 2. The van der Waals surface area contributed by atoms with Gasteiger partial charge in [-0.15, -0.1) is 0 Å². The molecule has 0 aromatic rings. The Labute approximate surface area is 295 Å². The molecule has 0 aliphatic rings. The summed E-state index contributed by atoms with van der Waals surface area (Å²) in [4.78, 5) is 104. The number of carboxylic acid groups (broad SMARTS) is 2. The van der Waals surface area contributed by atoms with E-state index in [0.29, 0.717) is 0 Å². The lowest BCUT2D eigenvalue weighted by molar-refractivity contribution is -0.143. The number of hydrogen-bond acceptors (Lipinski definition) is 11. The maximum Gasteiger partial charge on any atom is 0.326 e. The van der Waals surface area contributed by atoms with Crippen molar-refractivity contribution in [2.45, 2.75) is 115 Å². The molecule has 0 aliphatic heterocycles. The van der Waals surface area contributed by atoms with E-state index in [1.54, 1.807) is 27.7 Å². The predicted octanol–water partition coefficient (Wildman–Crippen LogP) is -4.30. The third-order valence-corrected chi connectivity index (χ3v) is 7.31. The van der Waals surface area contributed by atoms with E-state index < -0.39 is 96.2 Å². The molecule has 0 saturated heterocycles. The van der Waals surface area contributed by atoms with Crippen LogP contribution in [0.5, 0.6) is 0 Å². The van der Waals surface area contributed by atoms with Crippen LogP contribution >= 0.6 is 0 Å². The maximum absolute atomic E-state index is 13.4. The van der Waals surface area contributed by atoms with Crippen LogP contribution in [0.1, 0.15) is 73.1 Å². The first-order chi connectivity index (χ1) is 23.6. The number of aliphatic imine (C=N–C) groups is 1. The van der Waals surface area contributed by atoms with Gasteiger partial charge >= 0.3 is 11.9 Å². The molecule has 0 bridgehead atoms. The number of primary amides is 1. The normalized spacial score (nSPS) is 15.2. The highest BCUT2D eigenvalue weighted by atomic mass is 16.4. The lowest BCUT2D eigenvalue weighted by atomic mass is 10.0. The van der Waals surface area contributed by atoms with Crippen molar-refractivity contribution in [1.82, 2.24) is 26.6 Å². The molecular formula is C30H54N10O11. The third kappa shape index (κ3) is 18.5. The number of aliphatic hydroxyl groups is 1. The van der Waals surface area contributed by atoms with E-state index in [-0.39, 0.29) is 56.4 Å². The monoisotopic (exact) mass is 730 g/mol. The summed E-state index contributed by atoms with van der Waals surface area (Å²) in [6.45, 7) is 7.92. The third-order valence-electron chi connectivity index (χ3n) is 7.31. The Balaban J connectivity index is 6.21. The minimum atomic E-state index is -1.87. The minimum Gasteiger partial charge on any atom is -0.481 e. The van der Waals surface area contributed by atoms with Crippen LogP contribution in [0, 0.1) is 11.8 Å². The molecule has 51 heavy (non-hydrogen) atoms. The highest BCUT2D eigenvalue weighted by Crippen LogP contribution is 2.09. The van der Waals surface area contributed by atoms with E-state index in [9.17, 15) is 53.7 Å². The van der Waals surface area contributed by atoms with E-state index in [0.717, 1.165) is 6.92 Å². The molecule has 21 nitrogen and oxygen atoms in total. The summed E-state index contributed by atoms with van der Waals surface area (Å²) in [6, 6.07) is -8.93. The second kappa shape index (κ2) is 22.6. The average Bonchev–Trinajstić information content (AvgIpc) is 3.00. The highest BCUT2D eigenvalue weighted by molar-refractivity contribution is 5.97. The zero-order chi connectivity index (χ0) is 39.6. The first-order valence-corrected chi connectivity index (χ1v) is 16.3. The van der Waals surface area contributed by atoms with Gasteiger partial charge in [0.1, 0.15) is 30.2 Å². The molecule has 0 radical (unpaired) electrons. The van der Waals surface area contributed by atoms with Gasteiger partial charge in [0.2, 0.25) is 35.4 Å². The summed E-state index contributed by atoms with van der Waals surface area (Å²) in [5, 5.41) is 40.9. The molecule has 0 unspecified atom stereocenters. The molecule has 6 amide bonds. The molecule has 0 aromatic heterocycles. The first kappa shape index (κ1) is 46.0. The SMILES string of the molecule is CC(C)C[C@H](NC(=O)[C@H](CCCN=C(N)N)NC(=O)[C@@H](NC(=O)[C@H](CC(=O)O)NC(=O)[C@H](CCC(N)=O)NC(=O)[C@@H](N)C(C)C)[C@@H](C)O)C(=O)O. The molecule has 21 heteroatoms. The Morgan fingerprint density at radius 2 is 1.16 bits per heavy atom. The molecule has 0 heterocycles. The van der Waals surface area contributed by atoms with E-state index in [2.05, 4.69) is 31.6 Å². The zero-order valence-corrected chi connectivity index (χ0v) is 29.5. The number of carbonyl (C=O) groups is 8. The van der Waals surface area contributed by atoms with Gasteiger partial charge in [-0.1, -0.05) is 27.7 Å². The van der Waals surface area contributed by atoms with E-state index >= 15 is 0 Å². The first-order valence-electron chi connectivity index (χ1n) is 16.3. The summed E-state index contributed by atoms with van der Waals surface area (Å²) in [5.41, 5.74) is 21.7. The van der Waals surface area contributed by atoms with Crippen LogP contribution in [-0.2, 0) is 38.4 Å². The molecule has 16 N–H and O–H groups in total. The van der Waals surface area contributed by atoms with E-state index in [1.165, 1.54) is 0 Å². The highest BCUT2D eigenvalue weighted by Gasteiger charge is 2.35. The number of aliphatic hydroxyl groups excluding tert-OH is 1. The van der Waals surface area contributed by atoms with Crippen LogP contribution in [0.4, 0.5) is 0 Å². The number of nitrogens with zero attached hydrogens (tertiary/aromatic N) is 1. The van der Waals surface area contributed by atoms with Gasteiger partial charge in [0, 0.05) is 13.0 Å². The summed E-state index contributed by atoms with van der Waals surface area (Å²) in [7, 11) is 0. The second-order valence-corrected chi connectivity index (χ2v) is 12.8. The van der Waals surface area contributed by atoms with Crippen LogP contribution in [-0.4, -0.2) is 118 Å². The van der Waals surface area contributed by atoms with Gasteiger partial charge < -0.3 is 64.8 Å². The lowest BCUT2D eigenvalue weighted by Gasteiger charge is -2.28. The number of aliphatic carboxylic acids is 2. The zero-order valence-electron chi connectivity index (χ0n) is 29.5. The number of carbonyl (C=O) groups excluding carboxylic acids is 6. The molecule has 7 atom stereocenters. The lowest BCUT2D eigenvalue weighted by Crippen LogP contribution is -2.61. The van der Waals surface area contributed by atoms with Crippen molar-refractivity contribution in [2.75, 3.05) is 6.54 Å². The number of nitrogens with two attached hydrogens (primary N) is 4. The Morgan fingerprint density at radius 3 is 1.61 bits per heavy atom. The number of amides is 6. The van der Waals surface area contributed by atoms with Gasteiger partial charge in [0.05, 0.1) is 18.6 Å². The fourth-order valence-electron chi connectivity index (χ4n) is 4.44. The summed E-state index contributed by atoms with van der Waals surface area (Å²) in [5.74, 6) is -9.50. The van der Waals surface area contributed by atoms with Crippen molar-refractivity contribution in [3.8, 4) is 0 Å². The second-order valence-electron chi connectivity index (χ2n) is 12.8. The smallest absolute Gasteiger partial charge is 0.326 e. The van der Waals surface area contributed by atoms with E-state index in [4.69, 9.17) is 22.9 Å². The van der Waals surface area contributed by atoms with Crippen LogP contribution in [0.2, 0.25) is 0 Å². The van der Waals surface area contributed by atoms with Gasteiger partial charge in [-0.2, -0.15) is 0 Å². The number of hydrogen-bond donors (Lipinski definition) is 12. The van der Waals surface area contributed by atoms with Crippen molar-refractivity contribution < 1.29 is 53.7 Å². The summed E-state index contributed by atoms with van der Waals surface area (Å²) in [6.07, 6.45) is -3.28. The van der Waals surface area contributed by atoms with Crippen molar-refractivity contribution in [3.05, 3.63) is 0 Å². The Hall–Kier alpha value is -5.05. The number of nitrogens with one attached hydrogen (secondary N) is 5. The molecule has 0 spiro atoms. The fourth-order valence-corrected chi connectivity index (χ4v) is 4.44. The Morgan fingerprint density at radius 1 is 0.667 bits per heavy atom. The summed E-state index contributed by atoms with van der Waals surface area (Å²) < 4.78 is 0. The van der Waals surface area contributed by atoms with Crippen LogP contribution in [0.3, 0.4) is 0 Å². The molecule has 0 saturated carbocycles. The topological polar surface area (TPSA) is 374 Å². The van der Waals surface area contributed by atoms with Crippen molar-refractivity contribution in [3.63, 3.8) is 0 Å². The minimum absolute atomic E-state index is 0.0355. The largest absolute Gasteiger partial charge is 0.481 e. The number of rotatable bonds is 24. The fraction of sp³-hybridized carbons (Fsp3) is 0.700. The van der Waals surface area contributed by atoms with Crippen molar-refractivity contribution in [1.29, 1.82) is 0 Å². The van der Waals surface area contributed by atoms with Gasteiger partial charge in [-0.3, -0.25) is 38.6 Å². The molecule has 0 rings (SSSR count). The Kier molecular flexibility index (Phi) is 20.4. The van der Waals surface area contributed by atoms with Gasteiger partial charge in [-0.25, -0.2) is 4.79 Å². The van der Waals surface area contributed by atoms with Crippen molar-refractivity contribution in [2.24, 2.45) is 39.8 Å². The standard InChI is InChI=1S/C30H54N10O11/c1-13(2)11-19(29(50)51)39-24(45)16(7-6-10-35-30(33)34)37-28(49)23(15(5)41)40-26(47)18(12-21(43)44)38-25(46)17(8-9-20(31)42)36-27(48)22(32)14(3)4/h13-19,22-23,41H,6-12,32H2,1-5H3,(H2,31,42)(H,36,48)(H,37,49)(H,38,46)(H,39,45)(H,40,47)(H,43,44)(H,50,51)(H4,33,34,35)/t15-,16+,17+,18+,19+,22+,23+/m1/s1. The molecule has 290 valence electrons. The average molecular weight is 731 g/mol. The van der Waals surface area contributed by atoms with Crippen LogP contribution in [0.25, 0.3) is 0 Å². The molecule has 0 fully saturated rings. The summed E-state index contributed by atoms with van der Waals surface area (Å²) >= 11 is 0. The maximum atomic E-state index is 13.4. The molecule has 0 aliphatic carbocycles. The Bertz CT molecular complexity index is 1270. The van der Waals surface area contributed by atoms with E-state index in [1.807, 2.05) is 0 Å². The number of guanidine groups is 1. The molecule has 0 aromatic carbocycles. The predicted molar refractivity (Wildman–Crippen MR) is 182 cm³/mol. The molecular weight excluding hydrogens is 676 g/mol. The quantitative estimate of drug-likeness (QED) is 0.0254.